The zero-order chi connectivity index (χ0) is 18.2. The Morgan fingerprint density at radius 2 is 2.00 bits per heavy atom. The Labute approximate surface area is 181 Å². The zero-order valence-electron chi connectivity index (χ0n) is 16.8. The summed E-state index contributed by atoms with van der Waals surface area (Å²) in [5.74, 6) is 1.14. The van der Waals surface area contributed by atoms with Crippen molar-refractivity contribution in [1.29, 1.82) is 0 Å². The number of benzene rings is 1. The number of aryl methyl sites for hydroxylation is 1. The summed E-state index contributed by atoms with van der Waals surface area (Å²) in [6, 6.07) is 8.19. The maximum Gasteiger partial charge on any atom is 0.237 e. The molecule has 160 valence electrons. The molecule has 7 heteroatoms. The van der Waals surface area contributed by atoms with Crippen molar-refractivity contribution in [2.75, 3.05) is 32.8 Å². The van der Waals surface area contributed by atoms with Gasteiger partial charge in [0, 0.05) is 13.1 Å². The molecule has 28 heavy (non-hydrogen) atoms. The minimum Gasteiger partial charge on any atom is -0.493 e. The molecule has 5 nitrogen and oxygen atoms in total. The fraction of sp³-hybridized carbons (Fsp3) is 0.667. The van der Waals surface area contributed by atoms with Crippen molar-refractivity contribution in [2.45, 2.75) is 51.5 Å². The summed E-state index contributed by atoms with van der Waals surface area (Å²) < 4.78 is 5.81. The fourth-order valence-corrected chi connectivity index (χ4v) is 4.12. The number of ether oxygens (including phenoxy) is 1. The van der Waals surface area contributed by atoms with Crippen LogP contribution in [0.25, 0.3) is 0 Å². The second kappa shape index (κ2) is 12.5. The van der Waals surface area contributed by atoms with Crippen LogP contribution in [0.4, 0.5) is 0 Å². The van der Waals surface area contributed by atoms with E-state index < -0.39 is 0 Å². The van der Waals surface area contributed by atoms with Crippen molar-refractivity contribution < 1.29 is 9.53 Å². The van der Waals surface area contributed by atoms with Gasteiger partial charge in [0.2, 0.25) is 5.91 Å². The number of rotatable bonds is 8. The number of piperidine rings is 1. The van der Waals surface area contributed by atoms with Crippen molar-refractivity contribution in [1.82, 2.24) is 16.0 Å². The number of hydrogen-bond donors (Lipinski definition) is 3. The Bertz CT molecular complexity index is 595. The molecule has 0 saturated carbocycles. The predicted octanol–water partition coefficient (Wildman–Crippen LogP) is 3.10. The fourth-order valence-electron chi connectivity index (χ4n) is 4.12. The summed E-state index contributed by atoms with van der Waals surface area (Å²) in [7, 11) is 0. The first kappa shape index (κ1) is 25.0. The molecule has 0 bridgehead atoms. The summed E-state index contributed by atoms with van der Waals surface area (Å²) >= 11 is 0. The number of halogens is 2. The topological polar surface area (TPSA) is 62.4 Å². The molecule has 2 saturated heterocycles. The molecule has 0 radical (unpaired) electrons. The number of amides is 1. The summed E-state index contributed by atoms with van der Waals surface area (Å²) in [6.45, 7) is 6.72. The number of para-hydroxylation sites is 1. The number of carbonyl (C=O) groups excluding carboxylic acids is 1. The number of hydrogen-bond acceptors (Lipinski definition) is 4. The van der Waals surface area contributed by atoms with E-state index in [1.807, 2.05) is 18.2 Å². The summed E-state index contributed by atoms with van der Waals surface area (Å²) in [4.78, 5) is 12.5. The zero-order valence-corrected chi connectivity index (χ0v) is 18.4. The molecule has 1 unspecified atom stereocenters. The molecule has 0 aliphatic carbocycles. The van der Waals surface area contributed by atoms with Gasteiger partial charge in [0.05, 0.1) is 12.6 Å². The Kier molecular flexibility index (Phi) is 11.2. The predicted molar refractivity (Wildman–Crippen MR) is 119 cm³/mol. The smallest absolute Gasteiger partial charge is 0.237 e. The molecular formula is C21H35Cl2N3O2. The molecular weight excluding hydrogens is 397 g/mol. The quantitative estimate of drug-likeness (QED) is 0.553. The van der Waals surface area contributed by atoms with Gasteiger partial charge in [-0.2, -0.15) is 0 Å². The number of nitrogens with one attached hydrogen (secondary N) is 3. The maximum absolute atomic E-state index is 12.5. The lowest BCUT2D eigenvalue weighted by Gasteiger charge is -2.33. The van der Waals surface area contributed by atoms with E-state index in [0.717, 1.165) is 57.7 Å². The standard InChI is InChI=1S/C21H33N3O2.2ClH/c1-2-14-26-19-8-4-3-6-17(19)7-5-11-23-20(25)18-15-21(16-24-18)9-12-22-13-10-21;;/h3-4,6,8,18,22,24H,2,5,7,9-16H2,1H3,(H,23,25);2*1H. The molecule has 1 atom stereocenters. The van der Waals surface area contributed by atoms with Gasteiger partial charge in [-0.05, 0) is 68.7 Å². The second-order valence-electron chi connectivity index (χ2n) is 7.74. The Morgan fingerprint density at radius 1 is 1.25 bits per heavy atom. The van der Waals surface area contributed by atoms with E-state index in [9.17, 15) is 4.79 Å². The third-order valence-corrected chi connectivity index (χ3v) is 5.70. The van der Waals surface area contributed by atoms with Crippen LogP contribution in [0, 0.1) is 5.41 Å². The molecule has 2 fully saturated rings. The summed E-state index contributed by atoms with van der Waals surface area (Å²) in [6.07, 6.45) is 6.20. The van der Waals surface area contributed by atoms with Crippen molar-refractivity contribution in [3.05, 3.63) is 29.8 Å². The lowest BCUT2D eigenvalue weighted by Crippen LogP contribution is -2.40. The van der Waals surface area contributed by atoms with Crippen molar-refractivity contribution in [3.8, 4) is 5.75 Å². The van der Waals surface area contributed by atoms with Crippen LogP contribution in [0.3, 0.4) is 0 Å². The minimum absolute atomic E-state index is 0. The maximum atomic E-state index is 12.5. The van der Waals surface area contributed by atoms with Gasteiger partial charge in [-0.1, -0.05) is 25.1 Å². The molecule has 3 rings (SSSR count). The van der Waals surface area contributed by atoms with Crippen molar-refractivity contribution in [2.24, 2.45) is 5.41 Å². The van der Waals surface area contributed by atoms with Crippen LogP contribution in [-0.4, -0.2) is 44.7 Å². The lowest BCUT2D eigenvalue weighted by atomic mass is 9.77. The Morgan fingerprint density at radius 3 is 2.75 bits per heavy atom. The Balaban J connectivity index is 0.00000196. The van der Waals surface area contributed by atoms with Crippen LogP contribution >= 0.6 is 24.8 Å². The van der Waals surface area contributed by atoms with E-state index in [1.54, 1.807) is 0 Å². The first-order valence-electron chi connectivity index (χ1n) is 10.1. The van der Waals surface area contributed by atoms with E-state index in [1.165, 1.54) is 18.4 Å². The largest absolute Gasteiger partial charge is 0.493 e. The monoisotopic (exact) mass is 431 g/mol. The van der Waals surface area contributed by atoms with Gasteiger partial charge in [-0.3, -0.25) is 4.79 Å². The van der Waals surface area contributed by atoms with Gasteiger partial charge in [0.15, 0.2) is 0 Å². The SMILES string of the molecule is CCCOc1ccccc1CCCNC(=O)C1CC2(CCNCC2)CN1.Cl.Cl. The van der Waals surface area contributed by atoms with Crippen molar-refractivity contribution >= 4 is 30.7 Å². The van der Waals surface area contributed by atoms with Crippen LogP contribution in [0.5, 0.6) is 5.75 Å². The number of carbonyl (C=O) groups is 1. The van der Waals surface area contributed by atoms with E-state index >= 15 is 0 Å². The Hall–Kier alpha value is -1.01. The average Bonchev–Trinajstić information content (AvgIpc) is 3.08. The van der Waals surface area contributed by atoms with E-state index in [2.05, 4.69) is 28.9 Å². The molecule has 1 spiro atoms. The summed E-state index contributed by atoms with van der Waals surface area (Å²) in [5.41, 5.74) is 1.56. The highest BCUT2D eigenvalue weighted by atomic mass is 35.5. The van der Waals surface area contributed by atoms with Gasteiger partial charge in [0.25, 0.3) is 0 Å². The van der Waals surface area contributed by atoms with Crippen LogP contribution in [0.2, 0.25) is 0 Å². The molecule has 1 aromatic rings. The highest BCUT2D eigenvalue weighted by Crippen LogP contribution is 2.37. The first-order valence-corrected chi connectivity index (χ1v) is 10.1. The minimum atomic E-state index is -0.0201. The normalized spacial score (nSPS) is 20.1. The lowest BCUT2D eigenvalue weighted by molar-refractivity contribution is -0.123. The molecule has 2 aliphatic heterocycles. The molecule has 2 heterocycles. The first-order chi connectivity index (χ1) is 12.7. The third kappa shape index (κ3) is 6.80. The van der Waals surface area contributed by atoms with Crippen LogP contribution in [0.15, 0.2) is 24.3 Å². The van der Waals surface area contributed by atoms with Crippen molar-refractivity contribution in [3.63, 3.8) is 0 Å². The molecule has 3 N–H and O–H groups in total. The van der Waals surface area contributed by atoms with Gasteiger partial charge < -0.3 is 20.7 Å². The summed E-state index contributed by atoms with van der Waals surface area (Å²) in [5, 5.41) is 9.99. The van der Waals surface area contributed by atoms with Gasteiger partial charge >= 0.3 is 0 Å². The third-order valence-electron chi connectivity index (χ3n) is 5.70. The van der Waals surface area contributed by atoms with Gasteiger partial charge in [-0.25, -0.2) is 0 Å². The van der Waals surface area contributed by atoms with Crippen LogP contribution < -0.4 is 20.7 Å². The highest BCUT2D eigenvalue weighted by molar-refractivity contribution is 5.85. The van der Waals surface area contributed by atoms with E-state index in [4.69, 9.17) is 4.74 Å². The van der Waals surface area contributed by atoms with Crippen LogP contribution in [-0.2, 0) is 11.2 Å². The van der Waals surface area contributed by atoms with Gasteiger partial charge in [0.1, 0.15) is 5.75 Å². The molecule has 2 aliphatic rings. The highest BCUT2D eigenvalue weighted by Gasteiger charge is 2.41. The van der Waals surface area contributed by atoms with E-state index in [0.29, 0.717) is 12.0 Å². The molecule has 1 aromatic carbocycles. The molecule has 0 aromatic heterocycles. The van der Waals surface area contributed by atoms with Crippen LogP contribution in [0.1, 0.15) is 44.6 Å². The van der Waals surface area contributed by atoms with E-state index in [-0.39, 0.29) is 36.8 Å². The second-order valence-corrected chi connectivity index (χ2v) is 7.74. The average molecular weight is 432 g/mol. The van der Waals surface area contributed by atoms with Gasteiger partial charge in [-0.15, -0.1) is 24.8 Å². The molecule has 1 amide bonds.